The van der Waals surface area contributed by atoms with Crippen molar-refractivity contribution >= 4 is 5.91 Å². The second-order valence-electron chi connectivity index (χ2n) is 7.33. The molecule has 4 heteroatoms. The van der Waals surface area contributed by atoms with Gasteiger partial charge in [-0.05, 0) is 42.0 Å². The van der Waals surface area contributed by atoms with Crippen LogP contribution in [0, 0.1) is 11.7 Å². The van der Waals surface area contributed by atoms with E-state index in [9.17, 15) is 9.18 Å². The van der Waals surface area contributed by atoms with Crippen molar-refractivity contribution in [1.29, 1.82) is 0 Å². The highest BCUT2D eigenvalue weighted by molar-refractivity contribution is 5.78. The van der Waals surface area contributed by atoms with Crippen molar-refractivity contribution in [2.24, 2.45) is 5.92 Å². The summed E-state index contributed by atoms with van der Waals surface area (Å²) in [6.45, 7) is 2.70. The highest BCUT2D eigenvalue weighted by Gasteiger charge is 2.23. The molecule has 0 N–H and O–H groups in total. The van der Waals surface area contributed by atoms with Crippen molar-refractivity contribution in [3.05, 3.63) is 71.5 Å². The van der Waals surface area contributed by atoms with E-state index < -0.39 is 0 Å². The van der Waals surface area contributed by atoms with Crippen molar-refractivity contribution in [3.8, 4) is 0 Å². The Balaban J connectivity index is 1.58. The fourth-order valence-electron chi connectivity index (χ4n) is 3.33. The van der Waals surface area contributed by atoms with Gasteiger partial charge in [-0.15, -0.1) is 0 Å². The van der Waals surface area contributed by atoms with E-state index in [1.165, 1.54) is 37.0 Å². The van der Waals surface area contributed by atoms with E-state index in [0.29, 0.717) is 19.0 Å². The fourth-order valence-corrected chi connectivity index (χ4v) is 3.33. The van der Waals surface area contributed by atoms with Crippen molar-refractivity contribution < 1.29 is 9.18 Å². The van der Waals surface area contributed by atoms with Crippen LogP contribution in [0.25, 0.3) is 0 Å². The van der Waals surface area contributed by atoms with E-state index in [1.54, 1.807) is 17.0 Å². The van der Waals surface area contributed by atoms with Gasteiger partial charge in [0.05, 0.1) is 6.54 Å². The molecule has 1 amide bonds. The second kappa shape index (κ2) is 8.95. The molecular formula is C22H27FN2O. The number of amides is 1. The Kier molecular flexibility index (Phi) is 6.40. The summed E-state index contributed by atoms with van der Waals surface area (Å²) < 4.78 is 13.0. The van der Waals surface area contributed by atoms with Crippen LogP contribution < -0.4 is 0 Å². The number of hydrogen-bond acceptors (Lipinski definition) is 2. The molecule has 138 valence electrons. The average molecular weight is 354 g/mol. The SMILES string of the molecule is CN(Cc1ccc(F)cc1)C(=O)CN(Cc1ccccc1)CC1CCC1. The molecule has 2 aromatic carbocycles. The summed E-state index contributed by atoms with van der Waals surface area (Å²) in [6, 6.07) is 16.7. The van der Waals surface area contributed by atoms with Gasteiger partial charge in [0.15, 0.2) is 0 Å². The smallest absolute Gasteiger partial charge is 0.236 e. The zero-order chi connectivity index (χ0) is 18.4. The van der Waals surface area contributed by atoms with E-state index in [4.69, 9.17) is 0 Å². The van der Waals surface area contributed by atoms with E-state index in [2.05, 4.69) is 17.0 Å². The molecule has 0 atom stereocenters. The molecule has 3 nitrogen and oxygen atoms in total. The van der Waals surface area contributed by atoms with Crippen molar-refractivity contribution in [2.45, 2.75) is 32.4 Å². The summed E-state index contributed by atoms with van der Waals surface area (Å²) in [6.07, 6.45) is 3.85. The third kappa shape index (κ3) is 5.40. The van der Waals surface area contributed by atoms with Gasteiger partial charge >= 0.3 is 0 Å². The van der Waals surface area contributed by atoms with Crippen LogP contribution in [-0.2, 0) is 17.9 Å². The minimum absolute atomic E-state index is 0.101. The number of nitrogens with zero attached hydrogens (tertiary/aromatic N) is 2. The Hall–Kier alpha value is -2.20. The molecule has 1 aliphatic rings. The number of benzene rings is 2. The minimum atomic E-state index is -0.253. The summed E-state index contributed by atoms with van der Waals surface area (Å²) in [7, 11) is 1.82. The van der Waals surface area contributed by atoms with Gasteiger partial charge in [0.1, 0.15) is 5.82 Å². The van der Waals surface area contributed by atoms with Gasteiger partial charge in [-0.2, -0.15) is 0 Å². The molecular weight excluding hydrogens is 327 g/mol. The van der Waals surface area contributed by atoms with Crippen LogP contribution in [0.2, 0.25) is 0 Å². The molecule has 0 unspecified atom stereocenters. The highest BCUT2D eigenvalue weighted by atomic mass is 19.1. The van der Waals surface area contributed by atoms with Gasteiger partial charge in [0.2, 0.25) is 5.91 Å². The lowest BCUT2D eigenvalue weighted by molar-refractivity contribution is -0.132. The molecule has 0 heterocycles. The molecule has 0 spiro atoms. The molecule has 1 saturated carbocycles. The van der Waals surface area contributed by atoms with Crippen LogP contribution in [-0.4, -0.2) is 35.8 Å². The maximum atomic E-state index is 13.0. The van der Waals surface area contributed by atoms with Gasteiger partial charge in [0, 0.05) is 26.7 Å². The Morgan fingerprint density at radius 2 is 1.65 bits per heavy atom. The lowest BCUT2D eigenvalue weighted by Gasteiger charge is -2.33. The van der Waals surface area contributed by atoms with Gasteiger partial charge in [-0.25, -0.2) is 4.39 Å². The Bertz CT molecular complexity index is 698. The minimum Gasteiger partial charge on any atom is -0.340 e. The number of hydrogen-bond donors (Lipinski definition) is 0. The van der Waals surface area contributed by atoms with E-state index in [-0.39, 0.29) is 11.7 Å². The van der Waals surface area contributed by atoms with Crippen LogP contribution in [0.3, 0.4) is 0 Å². The number of carbonyl (C=O) groups excluding carboxylic acids is 1. The standard InChI is InChI=1S/C22H27FN2O/c1-24(14-20-10-12-21(23)13-11-20)22(26)17-25(16-19-8-5-9-19)15-18-6-3-2-4-7-18/h2-4,6-7,10-13,19H,5,8-9,14-17H2,1H3. The van der Waals surface area contributed by atoms with Crippen LogP contribution in [0.5, 0.6) is 0 Å². The van der Waals surface area contributed by atoms with Gasteiger partial charge < -0.3 is 4.90 Å². The third-order valence-electron chi connectivity index (χ3n) is 5.11. The molecule has 2 aromatic rings. The molecule has 3 rings (SSSR count). The first-order valence-corrected chi connectivity index (χ1v) is 9.35. The Morgan fingerprint density at radius 3 is 2.27 bits per heavy atom. The first kappa shape index (κ1) is 18.6. The maximum Gasteiger partial charge on any atom is 0.236 e. The lowest BCUT2D eigenvalue weighted by atomic mass is 9.85. The average Bonchev–Trinajstić information content (AvgIpc) is 2.60. The summed E-state index contributed by atoms with van der Waals surface area (Å²) in [5.74, 6) is 0.566. The maximum absolute atomic E-state index is 13.0. The molecule has 0 aliphatic heterocycles. The molecule has 0 radical (unpaired) electrons. The third-order valence-corrected chi connectivity index (χ3v) is 5.11. The predicted octanol–water partition coefficient (Wildman–Crippen LogP) is 4.09. The topological polar surface area (TPSA) is 23.6 Å². The van der Waals surface area contributed by atoms with Gasteiger partial charge in [-0.1, -0.05) is 48.9 Å². The molecule has 0 saturated heterocycles. The van der Waals surface area contributed by atoms with E-state index >= 15 is 0 Å². The molecule has 1 fully saturated rings. The largest absolute Gasteiger partial charge is 0.340 e. The molecule has 0 bridgehead atoms. The fraction of sp³-hybridized carbons (Fsp3) is 0.409. The summed E-state index contributed by atoms with van der Waals surface area (Å²) >= 11 is 0. The van der Waals surface area contributed by atoms with Crippen LogP contribution in [0.15, 0.2) is 54.6 Å². The number of carbonyl (C=O) groups is 1. The number of halogens is 1. The van der Waals surface area contributed by atoms with Crippen molar-refractivity contribution in [1.82, 2.24) is 9.80 Å². The highest BCUT2D eigenvalue weighted by Crippen LogP contribution is 2.27. The summed E-state index contributed by atoms with van der Waals surface area (Å²) in [5, 5.41) is 0. The van der Waals surface area contributed by atoms with E-state index in [0.717, 1.165) is 18.7 Å². The molecule has 1 aliphatic carbocycles. The van der Waals surface area contributed by atoms with Crippen LogP contribution in [0.4, 0.5) is 4.39 Å². The predicted molar refractivity (Wildman–Crippen MR) is 102 cm³/mol. The van der Waals surface area contributed by atoms with Crippen LogP contribution in [0.1, 0.15) is 30.4 Å². The zero-order valence-electron chi connectivity index (χ0n) is 15.4. The van der Waals surface area contributed by atoms with Crippen molar-refractivity contribution in [3.63, 3.8) is 0 Å². The molecule has 0 aromatic heterocycles. The summed E-state index contributed by atoms with van der Waals surface area (Å²) in [5.41, 5.74) is 2.18. The van der Waals surface area contributed by atoms with E-state index in [1.807, 2.05) is 25.2 Å². The number of likely N-dealkylation sites (N-methyl/N-ethyl adjacent to an activating group) is 1. The lowest BCUT2D eigenvalue weighted by Crippen LogP contribution is -2.41. The summed E-state index contributed by atoms with van der Waals surface area (Å²) in [4.78, 5) is 16.7. The second-order valence-corrected chi connectivity index (χ2v) is 7.33. The molecule has 26 heavy (non-hydrogen) atoms. The van der Waals surface area contributed by atoms with Gasteiger partial charge in [-0.3, -0.25) is 9.69 Å². The quantitative estimate of drug-likeness (QED) is 0.713. The number of rotatable bonds is 8. The van der Waals surface area contributed by atoms with Gasteiger partial charge in [0.25, 0.3) is 0 Å². The first-order valence-electron chi connectivity index (χ1n) is 9.35. The Labute approximate surface area is 155 Å². The first-order chi connectivity index (χ1) is 12.6. The Morgan fingerprint density at radius 1 is 1.00 bits per heavy atom. The van der Waals surface area contributed by atoms with Crippen LogP contribution >= 0.6 is 0 Å². The zero-order valence-corrected chi connectivity index (χ0v) is 15.4. The monoisotopic (exact) mass is 354 g/mol. The van der Waals surface area contributed by atoms with Crippen molar-refractivity contribution in [2.75, 3.05) is 20.1 Å². The normalized spacial score (nSPS) is 14.3.